The molecule has 1 atom stereocenters. The molecule has 0 saturated heterocycles. The summed E-state index contributed by atoms with van der Waals surface area (Å²) in [5.41, 5.74) is 2.45. The van der Waals surface area contributed by atoms with Crippen molar-refractivity contribution in [2.24, 2.45) is 0 Å². The summed E-state index contributed by atoms with van der Waals surface area (Å²) in [6, 6.07) is 22.9. The van der Waals surface area contributed by atoms with Crippen molar-refractivity contribution in [2.75, 3.05) is 7.11 Å². The highest BCUT2D eigenvalue weighted by Crippen LogP contribution is 2.28. The molecule has 4 aromatic rings. The predicted molar refractivity (Wildman–Crippen MR) is 158 cm³/mol. The number of nitrogens with one attached hydrogen (secondary N) is 1. The molecule has 1 aromatic heterocycles. The van der Waals surface area contributed by atoms with Gasteiger partial charge in [0.05, 0.1) is 7.11 Å². The van der Waals surface area contributed by atoms with E-state index in [1.54, 1.807) is 23.9 Å². The van der Waals surface area contributed by atoms with Gasteiger partial charge in [-0.25, -0.2) is 9.59 Å². The molecule has 0 fully saturated rings. The molecule has 1 unspecified atom stereocenters. The Morgan fingerprint density at radius 3 is 2.07 bits per heavy atom. The van der Waals surface area contributed by atoms with Crippen molar-refractivity contribution >= 4 is 28.9 Å². The Balaban J connectivity index is 1.58. The molecule has 9 nitrogen and oxygen atoms in total. The Labute approximate surface area is 245 Å². The molecule has 1 heterocycles. The van der Waals surface area contributed by atoms with Crippen molar-refractivity contribution in [2.45, 2.75) is 58.6 Å². The molecule has 0 bridgehead atoms. The number of nitrogens with zero attached hydrogens (tertiary/aromatic N) is 1. The minimum absolute atomic E-state index is 0.0320. The largest absolute Gasteiger partial charge is 0.497 e. The lowest BCUT2D eigenvalue weighted by Crippen LogP contribution is -2.43. The number of carbonyl (C=O) groups is 3. The third-order valence-electron chi connectivity index (χ3n) is 6.33. The fourth-order valence-corrected chi connectivity index (χ4v) is 4.43. The summed E-state index contributed by atoms with van der Waals surface area (Å²) in [5.74, 6) is -0.410. The van der Waals surface area contributed by atoms with Crippen molar-refractivity contribution in [3.63, 3.8) is 0 Å². The molecule has 0 aliphatic rings. The SMILES string of the molecule is COc1ccc2c(c1)c(CC(NC(=O)OCc1ccccc1)C(=O)OCc1ccccc1)cn2CC(=O)OC(C)(C)C. The van der Waals surface area contributed by atoms with Crippen molar-refractivity contribution in [3.05, 3.63) is 102 Å². The Morgan fingerprint density at radius 2 is 1.48 bits per heavy atom. The molecule has 0 radical (unpaired) electrons. The molecular weight excluding hydrogens is 536 g/mol. The zero-order valence-electron chi connectivity index (χ0n) is 24.3. The molecule has 0 aliphatic heterocycles. The summed E-state index contributed by atoms with van der Waals surface area (Å²) in [5, 5.41) is 3.44. The Bertz CT molecular complexity index is 1510. The van der Waals surface area contributed by atoms with Crippen LogP contribution in [0.1, 0.15) is 37.5 Å². The van der Waals surface area contributed by atoms with Gasteiger partial charge in [-0.2, -0.15) is 0 Å². The summed E-state index contributed by atoms with van der Waals surface area (Å²) < 4.78 is 23.7. The van der Waals surface area contributed by atoms with Crippen molar-refractivity contribution in [1.82, 2.24) is 9.88 Å². The van der Waals surface area contributed by atoms with Crippen LogP contribution in [-0.4, -0.2) is 41.4 Å². The molecule has 1 N–H and O–H groups in total. The van der Waals surface area contributed by atoms with E-state index < -0.39 is 29.7 Å². The average Bonchev–Trinajstić information content (AvgIpc) is 3.30. The molecular formula is C33H36N2O7. The van der Waals surface area contributed by atoms with Crippen LogP contribution in [0.2, 0.25) is 0 Å². The van der Waals surface area contributed by atoms with E-state index in [4.69, 9.17) is 18.9 Å². The normalized spacial score (nSPS) is 11.9. The van der Waals surface area contributed by atoms with Gasteiger partial charge in [0.2, 0.25) is 0 Å². The topological polar surface area (TPSA) is 105 Å². The summed E-state index contributed by atoms with van der Waals surface area (Å²) >= 11 is 0. The number of carbonyl (C=O) groups excluding carboxylic acids is 3. The van der Waals surface area contributed by atoms with Gasteiger partial charge in [0, 0.05) is 23.5 Å². The van der Waals surface area contributed by atoms with E-state index >= 15 is 0 Å². The highest BCUT2D eigenvalue weighted by molar-refractivity contribution is 5.88. The molecule has 0 spiro atoms. The van der Waals surface area contributed by atoms with E-state index in [-0.39, 0.29) is 26.2 Å². The van der Waals surface area contributed by atoms with Gasteiger partial charge in [-0.1, -0.05) is 60.7 Å². The van der Waals surface area contributed by atoms with Gasteiger partial charge in [0.15, 0.2) is 0 Å². The molecule has 4 rings (SSSR count). The maximum atomic E-state index is 13.3. The number of hydrogen-bond acceptors (Lipinski definition) is 7. The average molecular weight is 573 g/mol. The maximum absolute atomic E-state index is 13.3. The van der Waals surface area contributed by atoms with Crippen molar-refractivity contribution in [3.8, 4) is 5.75 Å². The van der Waals surface area contributed by atoms with Gasteiger partial charge in [-0.05, 0) is 55.7 Å². The summed E-state index contributed by atoms with van der Waals surface area (Å²) in [7, 11) is 1.56. The molecule has 0 aliphatic carbocycles. The standard InChI is InChI=1S/C33H36N2O7/c1-33(2,3)42-30(36)20-35-19-25(27-18-26(39-4)15-16-29(27)35)17-28(31(37)40-21-23-11-7-5-8-12-23)34-32(38)41-22-24-13-9-6-10-14-24/h5-16,18-19,28H,17,20-22H2,1-4H3,(H,34,38). The van der Waals surface area contributed by atoms with E-state index in [9.17, 15) is 14.4 Å². The second-order valence-electron chi connectivity index (χ2n) is 10.8. The van der Waals surface area contributed by atoms with Crippen LogP contribution in [0.4, 0.5) is 4.79 Å². The number of alkyl carbamates (subject to hydrolysis) is 1. The van der Waals surface area contributed by atoms with Crippen molar-refractivity contribution in [1.29, 1.82) is 0 Å². The lowest BCUT2D eigenvalue weighted by Gasteiger charge is -2.19. The molecule has 42 heavy (non-hydrogen) atoms. The van der Waals surface area contributed by atoms with E-state index in [0.717, 1.165) is 22.0 Å². The number of esters is 2. The highest BCUT2D eigenvalue weighted by atomic mass is 16.6. The van der Waals surface area contributed by atoms with Gasteiger partial charge in [0.1, 0.15) is 37.2 Å². The van der Waals surface area contributed by atoms with Gasteiger partial charge < -0.3 is 28.8 Å². The second-order valence-corrected chi connectivity index (χ2v) is 10.8. The highest BCUT2D eigenvalue weighted by Gasteiger charge is 2.26. The molecule has 0 saturated carbocycles. The lowest BCUT2D eigenvalue weighted by atomic mass is 10.0. The minimum Gasteiger partial charge on any atom is -0.497 e. The predicted octanol–water partition coefficient (Wildman–Crippen LogP) is 5.57. The smallest absolute Gasteiger partial charge is 0.408 e. The van der Waals surface area contributed by atoms with Crippen LogP contribution in [0.3, 0.4) is 0 Å². The lowest BCUT2D eigenvalue weighted by molar-refractivity contribution is -0.155. The maximum Gasteiger partial charge on any atom is 0.408 e. The Hall–Kier alpha value is -4.79. The van der Waals surface area contributed by atoms with Crippen LogP contribution >= 0.6 is 0 Å². The Morgan fingerprint density at radius 1 is 0.857 bits per heavy atom. The van der Waals surface area contributed by atoms with Gasteiger partial charge >= 0.3 is 18.0 Å². The first kappa shape index (κ1) is 30.2. The monoisotopic (exact) mass is 572 g/mol. The number of ether oxygens (including phenoxy) is 4. The third kappa shape index (κ3) is 8.60. The number of benzene rings is 3. The number of hydrogen-bond donors (Lipinski definition) is 1. The fourth-order valence-electron chi connectivity index (χ4n) is 4.43. The summed E-state index contributed by atoms with van der Waals surface area (Å²) in [6.45, 7) is 5.49. The minimum atomic E-state index is -1.07. The van der Waals surface area contributed by atoms with E-state index in [2.05, 4.69) is 5.32 Å². The van der Waals surface area contributed by atoms with Crippen LogP contribution in [0.5, 0.6) is 5.75 Å². The molecule has 220 valence electrons. The number of fused-ring (bicyclic) bond motifs is 1. The van der Waals surface area contributed by atoms with Gasteiger partial charge in [0.25, 0.3) is 0 Å². The molecule has 3 aromatic carbocycles. The molecule has 1 amide bonds. The summed E-state index contributed by atoms with van der Waals surface area (Å²) in [4.78, 5) is 38.8. The number of rotatable bonds is 11. The van der Waals surface area contributed by atoms with Crippen LogP contribution in [0.15, 0.2) is 85.1 Å². The van der Waals surface area contributed by atoms with E-state index in [0.29, 0.717) is 11.3 Å². The van der Waals surface area contributed by atoms with E-state index in [1.165, 1.54) is 0 Å². The zero-order valence-corrected chi connectivity index (χ0v) is 24.3. The van der Waals surface area contributed by atoms with Crippen molar-refractivity contribution < 1.29 is 33.3 Å². The van der Waals surface area contributed by atoms with Gasteiger partial charge in [-0.15, -0.1) is 0 Å². The first-order valence-corrected chi connectivity index (χ1v) is 13.7. The Kier molecular flexibility index (Phi) is 9.85. The van der Waals surface area contributed by atoms with E-state index in [1.807, 2.05) is 93.6 Å². The number of amides is 1. The quantitative estimate of drug-likeness (QED) is 0.185. The first-order valence-electron chi connectivity index (χ1n) is 13.7. The molecule has 9 heteroatoms. The van der Waals surface area contributed by atoms with Crippen LogP contribution in [0.25, 0.3) is 10.9 Å². The summed E-state index contributed by atoms with van der Waals surface area (Å²) in [6.07, 6.45) is 1.11. The first-order chi connectivity index (χ1) is 20.1. The zero-order chi connectivity index (χ0) is 30.1. The van der Waals surface area contributed by atoms with Crippen LogP contribution < -0.4 is 10.1 Å². The number of aromatic nitrogens is 1. The second kappa shape index (κ2) is 13.7. The fraction of sp³-hybridized carbons (Fsp3) is 0.303. The number of methoxy groups -OCH3 is 1. The van der Waals surface area contributed by atoms with Crippen LogP contribution in [0, 0.1) is 0 Å². The van der Waals surface area contributed by atoms with Gasteiger partial charge in [-0.3, -0.25) is 4.79 Å². The van der Waals surface area contributed by atoms with Crippen LogP contribution in [-0.2, 0) is 50.0 Å². The third-order valence-corrected chi connectivity index (χ3v) is 6.33.